The molecule has 104 valence electrons. The fourth-order valence-corrected chi connectivity index (χ4v) is 2.74. The zero-order valence-electron chi connectivity index (χ0n) is 9.99. The van der Waals surface area contributed by atoms with Gasteiger partial charge in [0.1, 0.15) is 0 Å². The van der Waals surface area contributed by atoms with Gasteiger partial charge in [0.25, 0.3) is 0 Å². The number of hydrogen-bond donors (Lipinski definition) is 0. The predicted molar refractivity (Wildman–Crippen MR) is 70.6 cm³/mol. The standard InChI is InChI=1S/C13H8ClF3N2S/c14-11-5-9(13(15,16)17)7-19-12(11)8(6-18)4-10-2-1-3-20-10/h1-3,5,7-8H,4H2. The van der Waals surface area contributed by atoms with Gasteiger partial charge in [0.2, 0.25) is 0 Å². The van der Waals surface area contributed by atoms with Crippen molar-refractivity contribution in [3.8, 4) is 6.07 Å². The van der Waals surface area contributed by atoms with Crippen LogP contribution in [0.15, 0.2) is 29.8 Å². The molecule has 0 aliphatic rings. The number of alkyl halides is 3. The summed E-state index contributed by atoms with van der Waals surface area (Å²) < 4.78 is 37.6. The van der Waals surface area contributed by atoms with E-state index < -0.39 is 17.7 Å². The third kappa shape index (κ3) is 3.30. The van der Waals surface area contributed by atoms with Gasteiger partial charge in [-0.1, -0.05) is 17.7 Å². The van der Waals surface area contributed by atoms with E-state index in [-0.39, 0.29) is 10.7 Å². The molecule has 0 N–H and O–H groups in total. The Morgan fingerprint density at radius 1 is 1.45 bits per heavy atom. The molecule has 0 aliphatic carbocycles. The summed E-state index contributed by atoms with van der Waals surface area (Å²) in [4.78, 5) is 4.68. The molecule has 20 heavy (non-hydrogen) atoms. The highest BCUT2D eigenvalue weighted by Crippen LogP contribution is 2.33. The fraction of sp³-hybridized carbons (Fsp3) is 0.231. The molecule has 1 atom stereocenters. The van der Waals surface area contributed by atoms with Crippen molar-refractivity contribution in [1.29, 1.82) is 5.26 Å². The van der Waals surface area contributed by atoms with Crippen LogP contribution in [-0.4, -0.2) is 4.98 Å². The second kappa shape index (κ2) is 5.81. The summed E-state index contributed by atoms with van der Waals surface area (Å²) in [5.41, 5.74) is -0.741. The Morgan fingerprint density at radius 3 is 2.70 bits per heavy atom. The Balaban J connectivity index is 2.29. The lowest BCUT2D eigenvalue weighted by Gasteiger charge is -2.12. The molecule has 2 nitrogen and oxygen atoms in total. The summed E-state index contributed by atoms with van der Waals surface area (Å²) >= 11 is 7.31. The van der Waals surface area contributed by atoms with Crippen LogP contribution in [-0.2, 0) is 12.6 Å². The van der Waals surface area contributed by atoms with E-state index in [1.807, 2.05) is 23.6 Å². The van der Waals surface area contributed by atoms with Crippen LogP contribution in [0.1, 0.15) is 22.1 Å². The Morgan fingerprint density at radius 2 is 2.20 bits per heavy atom. The molecular formula is C13H8ClF3N2S. The van der Waals surface area contributed by atoms with Crippen LogP contribution < -0.4 is 0 Å². The van der Waals surface area contributed by atoms with Crippen molar-refractivity contribution in [3.05, 3.63) is 50.9 Å². The van der Waals surface area contributed by atoms with Gasteiger partial charge >= 0.3 is 6.18 Å². The summed E-state index contributed by atoms with van der Waals surface area (Å²) in [7, 11) is 0. The summed E-state index contributed by atoms with van der Waals surface area (Å²) in [5, 5.41) is 10.9. The van der Waals surface area contributed by atoms with Gasteiger partial charge in [-0.15, -0.1) is 11.3 Å². The maximum Gasteiger partial charge on any atom is 0.417 e. The van der Waals surface area contributed by atoms with E-state index in [9.17, 15) is 13.2 Å². The number of hydrogen-bond acceptors (Lipinski definition) is 3. The van der Waals surface area contributed by atoms with Gasteiger partial charge in [-0.3, -0.25) is 4.98 Å². The molecule has 0 aromatic carbocycles. The first kappa shape index (κ1) is 14.8. The molecule has 0 saturated carbocycles. The molecule has 0 amide bonds. The largest absolute Gasteiger partial charge is 0.417 e. The summed E-state index contributed by atoms with van der Waals surface area (Å²) in [6, 6.07) is 6.54. The van der Waals surface area contributed by atoms with Gasteiger partial charge < -0.3 is 0 Å². The van der Waals surface area contributed by atoms with E-state index in [4.69, 9.17) is 16.9 Å². The first-order valence-corrected chi connectivity index (χ1v) is 6.82. The Labute approximate surface area is 122 Å². The molecule has 0 radical (unpaired) electrons. The molecule has 0 aliphatic heterocycles. The van der Waals surface area contributed by atoms with Crippen LogP contribution in [0.5, 0.6) is 0 Å². The van der Waals surface area contributed by atoms with Crippen LogP contribution in [0.25, 0.3) is 0 Å². The van der Waals surface area contributed by atoms with Gasteiger partial charge in [0.15, 0.2) is 0 Å². The molecule has 7 heteroatoms. The molecule has 0 bridgehead atoms. The number of halogens is 4. The quantitative estimate of drug-likeness (QED) is 0.825. The van der Waals surface area contributed by atoms with Crippen LogP contribution in [0.2, 0.25) is 5.02 Å². The molecular weight excluding hydrogens is 309 g/mol. The molecule has 2 aromatic heterocycles. The average Bonchev–Trinajstić information content (AvgIpc) is 2.88. The van der Waals surface area contributed by atoms with Crippen molar-refractivity contribution in [3.63, 3.8) is 0 Å². The number of nitriles is 1. The highest BCUT2D eigenvalue weighted by Gasteiger charge is 2.32. The minimum atomic E-state index is -4.49. The second-order valence-electron chi connectivity index (χ2n) is 4.05. The number of nitrogens with zero attached hydrogens (tertiary/aromatic N) is 2. The smallest absolute Gasteiger partial charge is 0.258 e. The SMILES string of the molecule is N#CC(Cc1cccs1)c1ncc(C(F)(F)F)cc1Cl. The predicted octanol–water partition coefficient (Wildman–Crippen LogP) is 4.67. The second-order valence-corrected chi connectivity index (χ2v) is 5.49. The van der Waals surface area contributed by atoms with Gasteiger partial charge in [0, 0.05) is 17.5 Å². The maximum absolute atomic E-state index is 12.5. The number of thiophene rings is 1. The lowest BCUT2D eigenvalue weighted by Crippen LogP contribution is -2.09. The topological polar surface area (TPSA) is 36.7 Å². The van der Waals surface area contributed by atoms with Gasteiger partial charge in [0.05, 0.1) is 28.3 Å². The van der Waals surface area contributed by atoms with Crippen LogP contribution >= 0.6 is 22.9 Å². The molecule has 0 fully saturated rings. The molecule has 0 spiro atoms. The van der Waals surface area contributed by atoms with Gasteiger partial charge in [-0.05, 0) is 17.5 Å². The number of pyridine rings is 1. The van der Waals surface area contributed by atoms with Crippen LogP contribution in [0.3, 0.4) is 0 Å². The molecule has 2 aromatic rings. The van der Waals surface area contributed by atoms with Gasteiger partial charge in [-0.25, -0.2) is 0 Å². The van der Waals surface area contributed by atoms with E-state index in [1.54, 1.807) is 0 Å². The molecule has 1 unspecified atom stereocenters. The van der Waals surface area contributed by atoms with Crippen LogP contribution in [0.4, 0.5) is 13.2 Å². The number of aromatic nitrogens is 1. The fourth-order valence-electron chi connectivity index (χ4n) is 1.69. The van der Waals surface area contributed by atoms with E-state index >= 15 is 0 Å². The summed E-state index contributed by atoms with van der Waals surface area (Å²) in [5.74, 6) is -0.663. The third-order valence-corrected chi connectivity index (χ3v) is 3.87. The van der Waals surface area contributed by atoms with Crippen molar-refractivity contribution in [2.75, 3.05) is 0 Å². The van der Waals surface area contributed by atoms with E-state index in [0.29, 0.717) is 12.6 Å². The lowest BCUT2D eigenvalue weighted by atomic mass is 10.0. The van der Waals surface area contributed by atoms with E-state index in [1.165, 1.54) is 11.3 Å². The van der Waals surface area contributed by atoms with Crippen molar-refractivity contribution in [2.24, 2.45) is 0 Å². The minimum Gasteiger partial charge on any atom is -0.258 e. The zero-order valence-corrected chi connectivity index (χ0v) is 11.6. The Kier molecular flexibility index (Phi) is 4.31. The summed E-state index contributed by atoms with van der Waals surface area (Å²) in [6.45, 7) is 0. The van der Waals surface area contributed by atoms with Crippen molar-refractivity contribution in [2.45, 2.75) is 18.5 Å². The molecule has 2 rings (SSSR count). The monoisotopic (exact) mass is 316 g/mol. The van der Waals surface area contributed by atoms with Crippen molar-refractivity contribution in [1.82, 2.24) is 4.98 Å². The highest BCUT2D eigenvalue weighted by atomic mass is 35.5. The first-order chi connectivity index (χ1) is 9.41. The highest BCUT2D eigenvalue weighted by molar-refractivity contribution is 7.09. The zero-order chi connectivity index (χ0) is 14.8. The van der Waals surface area contributed by atoms with Crippen LogP contribution in [0, 0.1) is 11.3 Å². The first-order valence-electron chi connectivity index (χ1n) is 5.56. The van der Waals surface area contributed by atoms with E-state index in [0.717, 1.165) is 10.9 Å². The Hall–Kier alpha value is -1.58. The van der Waals surface area contributed by atoms with Crippen molar-refractivity contribution >= 4 is 22.9 Å². The summed E-state index contributed by atoms with van der Waals surface area (Å²) in [6.07, 6.45) is -3.41. The Bertz CT molecular complexity index is 632. The van der Waals surface area contributed by atoms with E-state index in [2.05, 4.69) is 4.98 Å². The third-order valence-electron chi connectivity index (χ3n) is 2.67. The normalized spacial score (nSPS) is 12.9. The lowest BCUT2D eigenvalue weighted by molar-refractivity contribution is -0.137. The molecule has 0 saturated heterocycles. The molecule has 2 heterocycles. The average molecular weight is 317 g/mol. The van der Waals surface area contributed by atoms with Gasteiger partial charge in [-0.2, -0.15) is 18.4 Å². The number of rotatable bonds is 3. The maximum atomic E-state index is 12.5. The minimum absolute atomic E-state index is 0.136. The van der Waals surface area contributed by atoms with Crippen molar-refractivity contribution < 1.29 is 13.2 Å².